The summed E-state index contributed by atoms with van der Waals surface area (Å²) in [7, 11) is 0. The maximum atomic E-state index is 11.9. The van der Waals surface area contributed by atoms with Gasteiger partial charge in [0, 0.05) is 12.1 Å². The van der Waals surface area contributed by atoms with Crippen molar-refractivity contribution in [1.82, 2.24) is 0 Å². The van der Waals surface area contributed by atoms with E-state index in [2.05, 4.69) is 0 Å². The lowest BCUT2D eigenvalue weighted by Crippen LogP contribution is -2.30. The number of nitrogens with zero attached hydrogens (tertiary/aromatic N) is 2. The van der Waals surface area contributed by atoms with E-state index in [9.17, 15) is 14.8 Å². The lowest BCUT2D eigenvalue weighted by Gasteiger charge is -2.16. The number of amides is 1. The molecule has 5 nitrogen and oxygen atoms in total. The molecule has 2 aromatic rings. The summed E-state index contributed by atoms with van der Waals surface area (Å²) >= 11 is 0. The smallest absolute Gasteiger partial charge is 0.299 e. The van der Waals surface area contributed by atoms with Crippen LogP contribution in [0.1, 0.15) is 15.9 Å². The summed E-state index contributed by atoms with van der Waals surface area (Å²) < 4.78 is 0.675. The van der Waals surface area contributed by atoms with Gasteiger partial charge in [-0.3, -0.25) is 9.59 Å². The van der Waals surface area contributed by atoms with Crippen molar-refractivity contribution in [1.29, 1.82) is 0 Å². The van der Waals surface area contributed by atoms with Crippen molar-refractivity contribution in [3.8, 4) is 0 Å². The van der Waals surface area contributed by atoms with Gasteiger partial charge >= 0.3 is 0 Å². The molecule has 0 saturated carbocycles. The number of anilines is 1. The Labute approximate surface area is 109 Å². The third-order valence-corrected chi connectivity index (χ3v) is 3.09. The van der Waals surface area contributed by atoms with E-state index >= 15 is 0 Å². The van der Waals surface area contributed by atoms with Crippen LogP contribution in [0.5, 0.6) is 0 Å². The molecular formula is C14H10N2O3. The number of pyridine rings is 1. The van der Waals surface area contributed by atoms with E-state index in [0.717, 1.165) is 5.56 Å². The van der Waals surface area contributed by atoms with E-state index in [4.69, 9.17) is 0 Å². The summed E-state index contributed by atoms with van der Waals surface area (Å²) in [4.78, 5) is 25.2. The molecular weight excluding hydrogens is 244 g/mol. The number of hydrogen-bond acceptors (Lipinski definition) is 3. The first-order valence-corrected chi connectivity index (χ1v) is 5.80. The van der Waals surface area contributed by atoms with Gasteiger partial charge in [0.2, 0.25) is 0 Å². The van der Waals surface area contributed by atoms with Crippen molar-refractivity contribution >= 4 is 17.4 Å². The zero-order chi connectivity index (χ0) is 13.4. The molecule has 0 N–H and O–H groups in total. The highest BCUT2D eigenvalue weighted by Crippen LogP contribution is 2.29. The van der Waals surface area contributed by atoms with Gasteiger partial charge in [-0.1, -0.05) is 12.1 Å². The number of carbonyl (C=O) groups is 2. The molecule has 3 rings (SSSR count). The minimum Gasteiger partial charge on any atom is -0.619 e. The second-order valence-electron chi connectivity index (χ2n) is 4.30. The Morgan fingerprint density at radius 3 is 2.47 bits per heavy atom. The van der Waals surface area contributed by atoms with Crippen LogP contribution >= 0.6 is 0 Å². The van der Waals surface area contributed by atoms with Gasteiger partial charge in [0.05, 0.1) is 17.8 Å². The molecule has 0 saturated heterocycles. The molecule has 94 valence electrons. The molecule has 19 heavy (non-hydrogen) atoms. The molecule has 0 atom stereocenters. The highest BCUT2D eigenvalue weighted by atomic mass is 16.5. The summed E-state index contributed by atoms with van der Waals surface area (Å²) in [5.41, 5.74) is 1.85. The third kappa shape index (κ3) is 1.85. The second-order valence-corrected chi connectivity index (χ2v) is 4.30. The number of benzene rings is 1. The molecule has 2 heterocycles. The summed E-state index contributed by atoms with van der Waals surface area (Å²) in [6, 6.07) is 10.2. The Morgan fingerprint density at radius 1 is 1.05 bits per heavy atom. The summed E-state index contributed by atoms with van der Waals surface area (Å²) in [5, 5.41) is 11.0. The van der Waals surface area contributed by atoms with Gasteiger partial charge in [-0.15, -0.1) is 0 Å². The monoisotopic (exact) mass is 254 g/mol. The average molecular weight is 254 g/mol. The van der Waals surface area contributed by atoms with Crippen LogP contribution < -0.4 is 9.63 Å². The zero-order valence-electron chi connectivity index (χ0n) is 9.95. The Balaban J connectivity index is 1.95. The number of ketones is 1. The Bertz CT molecular complexity index is 665. The molecule has 1 aromatic carbocycles. The van der Waals surface area contributed by atoms with E-state index < -0.39 is 11.7 Å². The van der Waals surface area contributed by atoms with Gasteiger partial charge in [0.15, 0.2) is 12.4 Å². The van der Waals surface area contributed by atoms with E-state index in [-0.39, 0.29) is 6.54 Å². The topological polar surface area (TPSA) is 64.3 Å². The largest absolute Gasteiger partial charge is 0.619 e. The molecule has 0 unspecified atom stereocenters. The van der Waals surface area contributed by atoms with Crippen molar-refractivity contribution < 1.29 is 14.3 Å². The number of aromatic nitrogens is 1. The zero-order valence-corrected chi connectivity index (χ0v) is 9.95. The highest BCUT2D eigenvalue weighted by Gasteiger charge is 2.35. The van der Waals surface area contributed by atoms with Gasteiger partial charge < -0.3 is 10.1 Å². The minimum absolute atomic E-state index is 0.280. The van der Waals surface area contributed by atoms with Gasteiger partial charge in [0.25, 0.3) is 11.7 Å². The van der Waals surface area contributed by atoms with Crippen LogP contribution in [-0.4, -0.2) is 11.7 Å². The van der Waals surface area contributed by atoms with Crippen molar-refractivity contribution in [3.05, 3.63) is 65.1 Å². The van der Waals surface area contributed by atoms with Crippen LogP contribution in [0.3, 0.4) is 0 Å². The quantitative estimate of drug-likeness (QED) is 0.457. The SMILES string of the molecule is O=C1C(=O)N(Cc2cc[n+]([O-])cc2)c2ccccc21. The number of carbonyl (C=O) groups excluding carboxylic acids is 2. The molecule has 0 radical (unpaired) electrons. The van der Waals surface area contributed by atoms with Crippen LogP contribution in [0, 0.1) is 5.21 Å². The van der Waals surface area contributed by atoms with Gasteiger partial charge in [-0.25, -0.2) is 0 Å². The van der Waals surface area contributed by atoms with Crippen molar-refractivity contribution in [2.75, 3.05) is 4.90 Å². The first-order valence-electron chi connectivity index (χ1n) is 5.80. The molecule has 0 bridgehead atoms. The maximum Gasteiger partial charge on any atom is 0.299 e. The van der Waals surface area contributed by atoms with Crippen molar-refractivity contribution in [3.63, 3.8) is 0 Å². The molecule has 1 aromatic heterocycles. The molecule has 5 heteroatoms. The third-order valence-electron chi connectivity index (χ3n) is 3.09. The lowest BCUT2D eigenvalue weighted by atomic mass is 10.1. The summed E-state index contributed by atoms with van der Waals surface area (Å²) in [6.45, 7) is 0.280. The van der Waals surface area contributed by atoms with E-state index in [1.807, 2.05) is 0 Å². The van der Waals surface area contributed by atoms with Crippen LogP contribution in [0.15, 0.2) is 48.8 Å². The van der Waals surface area contributed by atoms with E-state index in [1.165, 1.54) is 17.3 Å². The first-order chi connectivity index (χ1) is 9.16. The number of para-hydroxylation sites is 1. The van der Waals surface area contributed by atoms with Crippen molar-refractivity contribution in [2.45, 2.75) is 6.54 Å². The van der Waals surface area contributed by atoms with Gasteiger partial charge in [-0.2, -0.15) is 4.73 Å². The Kier molecular flexibility index (Phi) is 2.52. The fourth-order valence-corrected chi connectivity index (χ4v) is 2.14. The second kappa shape index (κ2) is 4.20. The van der Waals surface area contributed by atoms with E-state index in [1.54, 1.807) is 36.4 Å². The van der Waals surface area contributed by atoms with Crippen LogP contribution in [-0.2, 0) is 11.3 Å². The normalized spacial score (nSPS) is 13.8. The summed E-state index contributed by atoms with van der Waals surface area (Å²) in [5.74, 6) is -1.01. The number of rotatable bonds is 2. The molecule has 1 aliphatic rings. The standard InChI is InChI=1S/C14H10N2O3/c17-13-11-3-1-2-4-12(11)16(14(13)18)9-10-5-7-15(19)8-6-10/h1-8H,9H2. The van der Waals surface area contributed by atoms with Gasteiger partial charge in [0.1, 0.15) is 0 Å². The maximum absolute atomic E-state index is 11.9. The minimum atomic E-state index is -0.528. The molecule has 1 amide bonds. The molecule has 0 spiro atoms. The predicted octanol–water partition coefficient (Wildman–Crippen LogP) is 1.05. The molecule has 0 fully saturated rings. The first kappa shape index (κ1) is 11.4. The predicted molar refractivity (Wildman–Crippen MR) is 67.4 cm³/mol. The fraction of sp³-hybridized carbons (Fsp3) is 0.0714. The van der Waals surface area contributed by atoms with Crippen LogP contribution in [0.25, 0.3) is 0 Å². The average Bonchev–Trinajstić information content (AvgIpc) is 2.67. The van der Waals surface area contributed by atoms with Crippen molar-refractivity contribution in [2.24, 2.45) is 0 Å². The highest BCUT2D eigenvalue weighted by molar-refractivity contribution is 6.52. The van der Waals surface area contributed by atoms with E-state index in [0.29, 0.717) is 16.0 Å². The number of hydrogen-bond donors (Lipinski definition) is 0. The Hall–Kier alpha value is -2.69. The van der Waals surface area contributed by atoms with Crippen LogP contribution in [0.4, 0.5) is 5.69 Å². The lowest BCUT2D eigenvalue weighted by molar-refractivity contribution is -0.605. The Morgan fingerprint density at radius 2 is 1.74 bits per heavy atom. The molecule has 1 aliphatic heterocycles. The molecule has 0 aliphatic carbocycles. The fourth-order valence-electron chi connectivity index (χ4n) is 2.14. The van der Waals surface area contributed by atoms with Crippen LogP contribution in [0.2, 0.25) is 0 Å². The summed E-state index contributed by atoms with van der Waals surface area (Å²) in [6.07, 6.45) is 2.73. The number of fused-ring (bicyclic) bond motifs is 1. The number of Topliss-reactive ketones (excluding diaryl/α,β-unsaturated/α-hetero) is 1. The van der Waals surface area contributed by atoms with Gasteiger partial charge in [-0.05, 0) is 17.7 Å².